The van der Waals surface area contributed by atoms with Crippen LogP contribution in [0.15, 0.2) is 152 Å². The third-order valence-electron chi connectivity index (χ3n) is 7.19. The lowest BCUT2D eigenvalue weighted by Crippen LogP contribution is -1.93. The summed E-state index contributed by atoms with van der Waals surface area (Å²) in [4.78, 5) is 0. The molecule has 1 heterocycles. The van der Waals surface area contributed by atoms with E-state index in [2.05, 4.69) is 155 Å². The minimum atomic E-state index is 1.07. The lowest BCUT2D eigenvalue weighted by Gasteiger charge is -2.10. The van der Waals surface area contributed by atoms with E-state index in [1.165, 1.54) is 49.7 Å². The van der Waals surface area contributed by atoms with Crippen LogP contribution in [0.1, 0.15) is 0 Å². The second-order valence-electron chi connectivity index (χ2n) is 9.57. The standard InChI is InChI=1S/C36H26N2/c1-3-9-26(10-4-1)27-15-20-30(21-16-27)37-31-22-17-28(18-23-31)29-19-24-36-34(25-29)33-13-7-8-14-35(33)38(36)32-11-5-2-6-12-32/h1-25,37H. The molecule has 1 N–H and O–H groups in total. The van der Waals surface area contributed by atoms with Gasteiger partial charge in [-0.25, -0.2) is 0 Å². The van der Waals surface area contributed by atoms with Gasteiger partial charge in [0.2, 0.25) is 0 Å². The van der Waals surface area contributed by atoms with E-state index in [4.69, 9.17) is 0 Å². The van der Waals surface area contributed by atoms with Gasteiger partial charge in [0, 0.05) is 27.8 Å². The fourth-order valence-corrected chi connectivity index (χ4v) is 5.30. The molecule has 38 heavy (non-hydrogen) atoms. The smallest absolute Gasteiger partial charge is 0.0541 e. The van der Waals surface area contributed by atoms with E-state index in [1.54, 1.807) is 0 Å². The first kappa shape index (κ1) is 22.1. The molecule has 0 saturated heterocycles. The summed E-state index contributed by atoms with van der Waals surface area (Å²) in [5.74, 6) is 0. The van der Waals surface area contributed by atoms with Crippen LogP contribution >= 0.6 is 0 Å². The highest BCUT2D eigenvalue weighted by atomic mass is 15.0. The van der Waals surface area contributed by atoms with Gasteiger partial charge in [0.15, 0.2) is 0 Å². The van der Waals surface area contributed by atoms with Crippen LogP contribution in [0.4, 0.5) is 11.4 Å². The lowest BCUT2D eigenvalue weighted by molar-refractivity contribution is 1.18. The Labute approximate surface area is 222 Å². The van der Waals surface area contributed by atoms with Crippen molar-refractivity contribution in [2.75, 3.05) is 5.32 Å². The Morgan fingerprint density at radius 1 is 0.368 bits per heavy atom. The maximum absolute atomic E-state index is 3.53. The molecule has 0 radical (unpaired) electrons. The first-order valence-electron chi connectivity index (χ1n) is 13.0. The Hall–Kier alpha value is -5.08. The van der Waals surface area contributed by atoms with Crippen molar-refractivity contribution in [1.82, 2.24) is 4.57 Å². The van der Waals surface area contributed by atoms with Crippen molar-refractivity contribution in [2.45, 2.75) is 0 Å². The lowest BCUT2D eigenvalue weighted by atomic mass is 10.0. The number of aromatic nitrogens is 1. The minimum absolute atomic E-state index is 1.07. The van der Waals surface area contributed by atoms with Gasteiger partial charge >= 0.3 is 0 Å². The van der Waals surface area contributed by atoms with Crippen LogP contribution in [-0.4, -0.2) is 4.57 Å². The SMILES string of the molecule is c1ccc(-c2ccc(Nc3ccc(-c4ccc5c(c4)c4ccccc4n5-c4ccccc4)cc3)cc2)cc1. The molecule has 1 aromatic heterocycles. The maximum Gasteiger partial charge on any atom is 0.0541 e. The number of nitrogens with one attached hydrogen (secondary N) is 1. The molecule has 180 valence electrons. The minimum Gasteiger partial charge on any atom is -0.356 e. The van der Waals surface area contributed by atoms with Gasteiger partial charge in [-0.05, 0) is 76.9 Å². The second-order valence-corrected chi connectivity index (χ2v) is 9.57. The monoisotopic (exact) mass is 486 g/mol. The molecule has 0 aliphatic carbocycles. The topological polar surface area (TPSA) is 17.0 Å². The molecule has 0 aliphatic heterocycles. The zero-order valence-corrected chi connectivity index (χ0v) is 20.9. The summed E-state index contributed by atoms with van der Waals surface area (Å²) in [6.07, 6.45) is 0. The zero-order chi connectivity index (χ0) is 25.3. The van der Waals surface area contributed by atoms with Gasteiger partial charge in [0.25, 0.3) is 0 Å². The highest BCUT2D eigenvalue weighted by Crippen LogP contribution is 2.35. The van der Waals surface area contributed by atoms with Gasteiger partial charge in [-0.1, -0.05) is 97.1 Å². The van der Waals surface area contributed by atoms with Gasteiger partial charge in [-0.3, -0.25) is 0 Å². The Balaban J connectivity index is 1.18. The average molecular weight is 487 g/mol. The summed E-state index contributed by atoms with van der Waals surface area (Å²) >= 11 is 0. The third kappa shape index (κ3) is 4.03. The predicted molar refractivity (Wildman–Crippen MR) is 161 cm³/mol. The molecule has 2 heteroatoms. The largest absolute Gasteiger partial charge is 0.356 e. The summed E-state index contributed by atoms with van der Waals surface area (Å²) in [7, 11) is 0. The zero-order valence-electron chi connectivity index (χ0n) is 20.9. The molecule has 2 nitrogen and oxygen atoms in total. The van der Waals surface area contributed by atoms with Crippen LogP contribution in [0, 0.1) is 0 Å². The van der Waals surface area contributed by atoms with Crippen molar-refractivity contribution in [1.29, 1.82) is 0 Å². The number of para-hydroxylation sites is 2. The number of nitrogens with zero attached hydrogens (tertiary/aromatic N) is 1. The second kappa shape index (κ2) is 9.42. The van der Waals surface area contributed by atoms with Crippen LogP contribution in [0.25, 0.3) is 49.7 Å². The number of anilines is 2. The van der Waals surface area contributed by atoms with E-state index in [9.17, 15) is 0 Å². The quantitative estimate of drug-likeness (QED) is 0.256. The summed E-state index contributed by atoms with van der Waals surface area (Å²) in [5.41, 5.74) is 10.6. The Morgan fingerprint density at radius 2 is 0.868 bits per heavy atom. The molecule has 0 unspecified atom stereocenters. The number of hydrogen-bond acceptors (Lipinski definition) is 1. The Kier molecular flexibility index (Phi) is 5.49. The molecular formula is C36H26N2. The van der Waals surface area contributed by atoms with E-state index >= 15 is 0 Å². The molecule has 0 atom stereocenters. The summed E-state index contributed by atoms with van der Waals surface area (Å²) < 4.78 is 2.35. The highest BCUT2D eigenvalue weighted by Gasteiger charge is 2.12. The van der Waals surface area contributed by atoms with Crippen LogP contribution in [0.3, 0.4) is 0 Å². The molecule has 0 bridgehead atoms. The van der Waals surface area contributed by atoms with Crippen LogP contribution in [0.2, 0.25) is 0 Å². The molecule has 7 aromatic rings. The van der Waals surface area contributed by atoms with Gasteiger partial charge < -0.3 is 9.88 Å². The van der Waals surface area contributed by atoms with Crippen LogP contribution < -0.4 is 5.32 Å². The van der Waals surface area contributed by atoms with E-state index in [0.717, 1.165) is 11.4 Å². The number of hydrogen-bond donors (Lipinski definition) is 1. The third-order valence-corrected chi connectivity index (χ3v) is 7.19. The van der Waals surface area contributed by atoms with Gasteiger partial charge in [-0.2, -0.15) is 0 Å². The van der Waals surface area contributed by atoms with Crippen LogP contribution in [-0.2, 0) is 0 Å². The number of benzene rings is 6. The van der Waals surface area contributed by atoms with Crippen molar-refractivity contribution in [2.24, 2.45) is 0 Å². The van der Waals surface area contributed by atoms with Crippen molar-refractivity contribution < 1.29 is 0 Å². The van der Waals surface area contributed by atoms with Crippen molar-refractivity contribution >= 4 is 33.2 Å². The summed E-state index contributed by atoms with van der Waals surface area (Å²) in [6, 6.07) is 53.8. The molecule has 0 aliphatic rings. The molecule has 0 fully saturated rings. The van der Waals surface area contributed by atoms with Crippen molar-refractivity contribution in [3.05, 3.63) is 152 Å². The molecular weight excluding hydrogens is 460 g/mol. The Bertz CT molecular complexity index is 1850. The van der Waals surface area contributed by atoms with E-state index in [-0.39, 0.29) is 0 Å². The summed E-state index contributed by atoms with van der Waals surface area (Å²) in [5, 5.41) is 6.07. The number of fused-ring (bicyclic) bond motifs is 3. The molecule has 0 saturated carbocycles. The molecule has 0 spiro atoms. The predicted octanol–water partition coefficient (Wildman–Crippen LogP) is 9.86. The molecule has 6 aromatic carbocycles. The highest BCUT2D eigenvalue weighted by molar-refractivity contribution is 6.10. The Morgan fingerprint density at radius 3 is 1.55 bits per heavy atom. The van der Waals surface area contributed by atoms with Crippen molar-refractivity contribution in [3.8, 4) is 27.9 Å². The molecule has 7 rings (SSSR count). The average Bonchev–Trinajstić information content (AvgIpc) is 3.33. The first-order chi connectivity index (χ1) is 18.8. The fraction of sp³-hybridized carbons (Fsp3) is 0. The maximum atomic E-state index is 3.53. The van der Waals surface area contributed by atoms with Crippen molar-refractivity contribution in [3.63, 3.8) is 0 Å². The summed E-state index contributed by atoms with van der Waals surface area (Å²) in [6.45, 7) is 0. The van der Waals surface area contributed by atoms with E-state index < -0.39 is 0 Å². The van der Waals surface area contributed by atoms with Gasteiger partial charge in [-0.15, -0.1) is 0 Å². The van der Waals surface area contributed by atoms with Gasteiger partial charge in [0.1, 0.15) is 0 Å². The van der Waals surface area contributed by atoms with E-state index in [0.29, 0.717) is 0 Å². The van der Waals surface area contributed by atoms with Gasteiger partial charge in [0.05, 0.1) is 11.0 Å². The van der Waals surface area contributed by atoms with E-state index in [1.807, 2.05) is 6.07 Å². The molecule has 0 amide bonds. The fourth-order valence-electron chi connectivity index (χ4n) is 5.30. The van der Waals surface area contributed by atoms with Crippen LogP contribution in [0.5, 0.6) is 0 Å². The first-order valence-corrected chi connectivity index (χ1v) is 13.0. The normalized spacial score (nSPS) is 11.2. The number of rotatable bonds is 5.